The number of thiophene rings is 1. The second-order valence-corrected chi connectivity index (χ2v) is 6.70. The van der Waals surface area contributed by atoms with Crippen molar-refractivity contribution in [1.29, 1.82) is 0 Å². The molecule has 1 fully saturated rings. The lowest BCUT2D eigenvalue weighted by molar-refractivity contribution is -0.114. The van der Waals surface area contributed by atoms with Crippen molar-refractivity contribution in [2.24, 2.45) is 10.2 Å². The second-order valence-electron chi connectivity index (χ2n) is 4.87. The molecule has 2 atom stereocenters. The minimum atomic E-state index is -0.301. The smallest absolute Gasteiger partial charge is 0.287 e. The molecule has 0 aromatic carbocycles. The van der Waals surface area contributed by atoms with E-state index >= 15 is 0 Å². The van der Waals surface area contributed by atoms with Gasteiger partial charge in [0.25, 0.3) is 11.8 Å². The Bertz CT molecular complexity index is 623. The van der Waals surface area contributed by atoms with Crippen LogP contribution in [0.15, 0.2) is 37.8 Å². The van der Waals surface area contributed by atoms with Gasteiger partial charge in [0, 0.05) is 22.0 Å². The summed E-state index contributed by atoms with van der Waals surface area (Å²) in [4.78, 5) is 24.0. The Morgan fingerprint density at radius 1 is 1.45 bits per heavy atom. The van der Waals surface area contributed by atoms with Crippen LogP contribution in [0.5, 0.6) is 0 Å². The first kappa shape index (κ1) is 13.6. The molecule has 5 nitrogen and oxygen atoms in total. The highest BCUT2D eigenvalue weighted by Crippen LogP contribution is 2.29. The van der Waals surface area contributed by atoms with Crippen LogP contribution < -0.4 is 5.32 Å². The molecule has 2 amide bonds. The van der Waals surface area contributed by atoms with E-state index in [0.29, 0.717) is 11.3 Å². The van der Waals surface area contributed by atoms with Crippen molar-refractivity contribution in [1.82, 2.24) is 5.32 Å². The van der Waals surface area contributed by atoms with E-state index in [0.717, 1.165) is 22.9 Å². The van der Waals surface area contributed by atoms with Gasteiger partial charge in [-0.15, -0.1) is 16.5 Å². The fourth-order valence-electron chi connectivity index (χ4n) is 2.48. The van der Waals surface area contributed by atoms with Gasteiger partial charge in [-0.25, -0.2) is 0 Å². The molecule has 1 N–H and O–H groups in total. The molecular formula is C13H12BrN3O2S. The first-order chi connectivity index (χ1) is 9.61. The first-order valence-corrected chi connectivity index (χ1v) is 7.99. The maximum absolute atomic E-state index is 12.1. The van der Waals surface area contributed by atoms with Gasteiger partial charge in [0.1, 0.15) is 0 Å². The van der Waals surface area contributed by atoms with Crippen LogP contribution in [0.3, 0.4) is 0 Å². The van der Waals surface area contributed by atoms with Gasteiger partial charge in [0.05, 0.1) is 10.9 Å². The molecule has 0 bridgehead atoms. The topological polar surface area (TPSA) is 70.9 Å². The van der Waals surface area contributed by atoms with E-state index in [1.54, 1.807) is 6.08 Å². The van der Waals surface area contributed by atoms with Gasteiger partial charge >= 0.3 is 0 Å². The SMILES string of the molecule is O=C1C=C2CC(NC(=O)c3cc(Br)cs3)CCC2N=N1. The average molecular weight is 354 g/mol. The third kappa shape index (κ3) is 2.88. The number of hydrogen-bond donors (Lipinski definition) is 1. The molecule has 1 saturated carbocycles. The normalized spacial score (nSPS) is 25.1. The van der Waals surface area contributed by atoms with Crippen molar-refractivity contribution in [3.8, 4) is 0 Å². The first-order valence-electron chi connectivity index (χ1n) is 6.32. The number of fused-ring (bicyclic) bond motifs is 1. The maximum Gasteiger partial charge on any atom is 0.287 e. The molecule has 2 aliphatic rings. The summed E-state index contributed by atoms with van der Waals surface area (Å²) in [6, 6.07) is 1.90. The molecule has 0 spiro atoms. The van der Waals surface area contributed by atoms with Crippen LogP contribution in [0.4, 0.5) is 0 Å². The summed E-state index contributed by atoms with van der Waals surface area (Å²) >= 11 is 4.75. The summed E-state index contributed by atoms with van der Waals surface area (Å²) in [6.45, 7) is 0. The van der Waals surface area contributed by atoms with Crippen LogP contribution in [0, 0.1) is 0 Å². The zero-order chi connectivity index (χ0) is 14.1. The predicted molar refractivity (Wildman–Crippen MR) is 78.9 cm³/mol. The van der Waals surface area contributed by atoms with Crippen molar-refractivity contribution in [3.63, 3.8) is 0 Å². The average Bonchev–Trinajstić information content (AvgIpc) is 2.85. The van der Waals surface area contributed by atoms with Gasteiger partial charge in [0.15, 0.2) is 0 Å². The van der Waals surface area contributed by atoms with Crippen LogP contribution in [0.25, 0.3) is 0 Å². The van der Waals surface area contributed by atoms with Crippen LogP contribution in [-0.4, -0.2) is 23.9 Å². The van der Waals surface area contributed by atoms with E-state index in [1.165, 1.54) is 11.3 Å². The van der Waals surface area contributed by atoms with Gasteiger partial charge in [-0.1, -0.05) is 0 Å². The molecule has 2 heterocycles. The monoisotopic (exact) mass is 353 g/mol. The molecule has 0 saturated heterocycles. The minimum Gasteiger partial charge on any atom is -0.348 e. The molecule has 1 aromatic rings. The number of carbonyl (C=O) groups is 2. The van der Waals surface area contributed by atoms with Gasteiger partial charge in [-0.05, 0) is 46.8 Å². The molecule has 1 aromatic heterocycles. The van der Waals surface area contributed by atoms with E-state index in [1.807, 2.05) is 11.4 Å². The van der Waals surface area contributed by atoms with Gasteiger partial charge < -0.3 is 5.32 Å². The van der Waals surface area contributed by atoms with E-state index < -0.39 is 0 Å². The number of rotatable bonds is 2. The van der Waals surface area contributed by atoms with Gasteiger partial charge in [-0.3, -0.25) is 9.59 Å². The van der Waals surface area contributed by atoms with Crippen molar-refractivity contribution in [2.75, 3.05) is 0 Å². The third-order valence-corrected chi connectivity index (χ3v) is 5.12. The number of amides is 2. The number of carbonyl (C=O) groups excluding carboxylic acids is 2. The van der Waals surface area contributed by atoms with Crippen molar-refractivity contribution in [2.45, 2.75) is 31.3 Å². The highest BCUT2D eigenvalue weighted by Gasteiger charge is 2.29. The Morgan fingerprint density at radius 3 is 3.05 bits per heavy atom. The summed E-state index contributed by atoms with van der Waals surface area (Å²) in [5.74, 6) is -0.362. The molecule has 1 aliphatic carbocycles. The van der Waals surface area contributed by atoms with Crippen molar-refractivity contribution in [3.05, 3.63) is 32.4 Å². The Kier molecular flexibility index (Phi) is 3.80. The van der Waals surface area contributed by atoms with Crippen LogP contribution in [0.2, 0.25) is 0 Å². The van der Waals surface area contributed by atoms with Crippen LogP contribution >= 0.6 is 27.3 Å². The molecule has 104 valence electrons. The molecule has 0 radical (unpaired) electrons. The lowest BCUT2D eigenvalue weighted by Crippen LogP contribution is -2.39. The fourth-order valence-corrected chi connectivity index (χ4v) is 3.81. The highest BCUT2D eigenvalue weighted by atomic mass is 79.9. The van der Waals surface area contributed by atoms with E-state index in [4.69, 9.17) is 0 Å². The number of azo groups is 1. The number of nitrogens with zero attached hydrogens (tertiary/aromatic N) is 2. The number of nitrogens with one attached hydrogen (secondary N) is 1. The molecule has 2 unspecified atom stereocenters. The summed E-state index contributed by atoms with van der Waals surface area (Å²) in [5.41, 5.74) is 0.980. The zero-order valence-electron chi connectivity index (χ0n) is 10.5. The lowest BCUT2D eigenvalue weighted by Gasteiger charge is -2.29. The highest BCUT2D eigenvalue weighted by molar-refractivity contribution is 9.10. The van der Waals surface area contributed by atoms with Crippen molar-refractivity contribution >= 4 is 39.1 Å². The molecule has 3 rings (SSSR count). The van der Waals surface area contributed by atoms with E-state index in [-0.39, 0.29) is 23.9 Å². The molecule has 7 heteroatoms. The van der Waals surface area contributed by atoms with Crippen molar-refractivity contribution < 1.29 is 9.59 Å². The maximum atomic E-state index is 12.1. The standard InChI is InChI=1S/C13H12BrN3O2S/c14-8-5-11(20-6-8)13(19)15-9-1-2-10-7(3-9)4-12(18)17-16-10/h4-6,9-10H,1-3H2,(H,15,19). The Hall–Kier alpha value is -1.34. The minimum absolute atomic E-state index is 0.0248. The fraction of sp³-hybridized carbons (Fsp3) is 0.385. The quantitative estimate of drug-likeness (QED) is 0.887. The van der Waals surface area contributed by atoms with Crippen LogP contribution in [-0.2, 0) is 4.79 Å². The number of halogens is 1. The molecule has 20 heavy (non-hydrogen) atoms. The summed E-state index contributed by atoms with van der Waals surface area (Å²) < 4.78 is 0.914. The van der Waals surface area contributed by atoms with E-state index in [9.17, 15) is 9.59 Å². The largest absolute Gasteiger partial charge is 0.348 e. The predicted octanol–water partition coefficient (Wildman–Crippen LogP) is 3.08. The number of hydrogen-bond acceptors (Lipinski definition) is 4. The summed E-state index contributed by atoms with van der Waals surface area (Å²) in [7, 11) is 0. The zero-order valence-corrected chi connectivity index (χ0v) is 12.9. The Morgan fingerprint density at radius 2 is 2.30 bits per heavy atom. The second kappa shape index (κ2) is 5.57. The van der Waals surface area contributed by atoms with E-state index in [2.05, 4.69) is 31.5 Å². The third-order valence-electron chi connectivity index (χ3n) is 3.43. The Labute approximate surface area is 128 Å². The molecular weight excluding hydrogens is 342 g/mol. The summed E-state index contributed by atoms with van der Waals surface area (Å²) in [5, 5.41) is 12.5. The summed E-state index contributed by atoms with van der Waals surface area (Å²) in [6.07, 6.45) is 3.90. The van der Waals surface area contributed by atoms with Gasteiger partial charge in [0.2, 0.25) is 0 Å². The van der Waals surface area contributed by atoms with Crippen LogP contribution in [0.1, 0.15) is 28.9 Å². The Balaban J connectivity index is 1.65. The van der Waals surface area contributed by atoms with Gasteiger partial charge in [-0.2, -0.15) is 5.11 Å². The lowest BCUT2D eigenvalue weighted by atomic mass is 9.86. The molecule has 1 aliphatic heterocycles.